The number of anilines is 1. The molecule has 1 aliphatic rings. The van der Waals surface area contributed by atoms with E-state index in [1.165, 1.54) is 11.3 Å². The summed E-state index contributed by atoms with van der Waals surface area (Å²) in [7, 11) is 0. The standard InChI is InChI=1S/C15H21N3O2/c1-2-18-10-6-9-13(18)11-16-14(19)15(20)17-12-7-4-3-5-8-12/h3-5,7-8,13H,2,6,9-11H2,1H3,(H,16,19)(H,17,20)/p+1/t13-/m0/s1. The minimum Gasteiger partial charge on any atom is -0.342 e. The van der Waals surface area contributed by atoms with Crippen LogP contribution in [0.2, 0.25) is 0 Å². The van der Waals surface area contributed by atoms with Crippen LogP contribution in [0.15, 0.2) is 30.3 Å². The van der Waals surface area contributed by atoms with E-state index < -0.39 is 11.8 Å². The van der Waals surface area contributed by atoms with Gasteiger partial charge in [0.05, 0.1) is 19.6 Å². The van der Waals surface area contributed by atoms with Crippen molar-refractivity contribution in [3.05, 3.63) is 30.3 Å². The zero-order valence-corrected chi connectivity index (χ0v) is 11.8. The molecule has 0 aromatic heterocycles. The third-order valence-electron chi connectivity index (χ3n) is 3.83. The number of likely N-dealkylation sites (tertiary alicyclic amines) is 1. The number of amides is 2. The lowest BCUT2D eigenvalue weighted by atomic mass is 10.2. The second-order valence-corrected chi connectivity index (χ2v) is 5.13. The lowest BCUT2D eigenvalue weighted by Crippen LogP contribution is -3.14. The van der Waals surface area contributed by atoms with E-state index in [0.717, 1.165) is 19.5 Å². The quantitative estimate of drug-likeness (QED) is 0.668. The second kappa shape index (κ2) is 7.05. The fourth-order valence-electron chi connectivity index (χ4n) is 2.70. The Hall–Kier alpha value is -1.88. The molecule has 5 nitrogen and oxygen atoms in total. The molecule has 5 heteroatoms. The van der Waals surface area contributed by atoms with Crippen molar-refractivity contribution in [2.45, 2.75) is 25.8 Å². The van der Waals surface area contributed by atoms with Gasteiger partial charge in [-0.05, 0) is 19.1 Å². The monoisotopic (exact) mass is 276 g/mol. The largest absolute Gasteiger partial charge is 0.342 e. The summed E-state index contributed by atoms with van der Waals surface area (Å²) in [6, 6.07) is 9.44. The number of rotatable bonds is 4. The van der Waals surface area contributed by atoms with Gasteiger partial charge in [0.2, 0.25) is 0 Å². The average molecular weight is 276 g/mol. The zero-order chi connectivity index (χ0) is 14.4. The van der Waals surface area contributed by atoms with Crippen LogP contribution in [0.25, 0.3) is 0 Å². The SMILES string of the molecule is CC[NH+]1CCC[C@H]1CNC(=O)C(=O)Nc1ccccc1. The first-order valence-electron chi connectivity index (χ1n) is 7.19. The molecule has 0 spiro atoms. The summed E-state index contributed by atoms with van der Waals surface area (Å²) in [5.74, 6) is -1.16. The minimum absolute atomic E-state index is 0.438. The predicted octanol–water partition coefficient (Wildman–Crippen LogP) is -0.191. The second-order valence-electron chi connectivity index (χ2n) is 5.13. The van der Waals surface area contributed by atoms with Crippen molar-refractivity contribution >= 4 is 17.5 Å². The molecule has 20 heavy (non-hydrogen) atoms. The van der Waals surface area contributed by atoms with E-state index in [-0.39, 0.29) is 0 Å². The Labute approximate surface area is 119 Å². The highest BCUT2D eigenvalue weighted by atomic mass is 16.2. The molecule has 2 rings (SSSR count). The first-order valence-corrected chi connectivity index (χ1v) is 7.19. The predicted molar refractivity (Wildman–Crippen MR) is 77.5 cm³/mol. The summed E-state index contributed by atoms with van der Waals surface area (Å²) in [6.45, 7) is 4.95. The smallest absolute Gasteiger partial charge is 0.313 e. The zero-order valence-electron chi connectivity index (χ0n) is 11.8. The van der Waals surface area contributed by atoms with E-state index in [1.54, 1.807) is 12.1 Å². The van der Waals surface area contributed by atoms with Crippen LogP contribution in [-0.4, -0.2) is 37.5 Å². The number of para-hydroxylation sites is 1. The van der Waals surface area contributed by atoms with Crippen molar-refractivity contribution in [3.63, 3.8) is 0 Å². The van der Waals surface area contributed by atoms with Crippen LogP contribution in [0, 0.1) is 0 Å². The summed E-state index contributed by atoms with van der Waals surface area (Å²) in [6.07, 6.45) is 2.31. The highest BCUT2D eigenvalue weighted by Gasteiger charge is 2.27. The van der Waals surface area contributed by atoms with Gasteiger partial charge in [0.25, 0.3) is 0 Å². The van der Waals surface area contributed by atoms with E-state index >= 15 is 0 Å². The average Bonchev–Trinajstić information content (AvgIpc) is 2.93. The van der Waals surface area contributed by atoms with Crippen molar-refractivity contribution in [2.75, 3.05) is 25.0 Å². The Morgan fingerprint density at radius 2 is 2.00 bits per heavy atom. The number of hydrogen-bond acceptors (Lipinski definition) is 2. The molecule has 1 aromatic rings. The van der Waals surface area contributed by atoms with E-state index in [9.17, 15) is 9.59 Å². The van der Waals surface area contributed by atoms with E-state index in [1.807, 2.05) is 18.2 Å². The molecule has 0 bridgehead atoms. The molecule has 1 aliphatic heterocycles. The van der Waals surface area contributed by atoms with Gasteiger partial charge in [0.15, 0.2) is 0 Å². The maximum atomic E-state index is 11.8. The number of likely N-dealkylation sites (N-methyl/N-ethyl adjacent to an activating group) is 1. The van der Waals surface area contributed by atoms with Gasteiger partial charge in [-0.2, -0.15) is 0 Å². The van der Waals surface area contributed by atoms with Crippen LogP contribution in [0.3, 0.4) is 0 Å². The molecular weight excluding hydrogens is 254 g/mol. The molecule has 1 aromatic carbocycles. The van der Waals surface area contributed by atoms with Crippen molar-refractivity contribution < 1.29 is 14.5 Å². The molecule has 1 fully saturated rings. The van der Waals surface area contributed by atoms with Crippen LogP contribution < -0.4 is 15.5 Å². The first kappa shape index (κ1) is 14.5. The lowest BCUT2D eigenvalue weighted by Gasteiger charge is -2.19. The fourth-order valence-corrected chi connectivity index (χ4v) is 2.70. The molecule has 0 aliphatic carbocycles. The third-order valence-corrected chi connectivity index (χ3v) is 3.83. The molecule has 2 atom stereocenters. The number of quaternary nitrogens is 1. The Bertz CT molecular complexity index is 461. The van der Waals surface area contributed by atoms with Gasteiger partial charge in [-0.1, -0.05) is 18.2 Å². The molecule has 0 saturated carbocycles. The van der Waals surface area contributed by atoms with Crippen molar-refractivity contribution in [2.24, 2.45) is 0 Å². The molecule has 108 valence electrons. The summed E-state index contributed by atoms with van der Waals surface area (Å²) in [5.41, 5.74) is 0.634. The Morgan fingerprint density at radius 1 is 1.25 bits per heavy atom. The van der Waals surface area contributed by atoms with Crippen LogP contribution >= 0.6 is 0 Å². The van der Waals surface area contributed by atoms with E-state index in [0.29, 0.717) is 18.3 Å². The van der Waals surface area contributed by atoms with E-state index in [4.69, 9.17) is 0 Å². The number of carbonyl (C=O) groups excluding carboxylic acids is 2. The molecule has 3 N–H and O–H groups in total. The highest BCUT2D eigenvalue weighted by Crippen LogP contribution is 2.04. The van der Waals surface area contributed by atoms with Crippen LogP contribution in [0.1, 0.15) is 19.8 Å². The van der Waals surface area contributed by atoms with Crippen LogP contribution in [0.4, 0.5) is 5.69 Å². The minimum atomic E-state index is -0.604. The maximum Gasteiger partial charge on any atom is 0.313 e. The van der Waals surface area contributed by atoms with E-state index in [2.05, 4.69) is 17.6 Å². The van der Waals surface area contributed by atoms with Crippen molar-refractivity contribution in [1.29, 1.82) is 0 Å². The summed E-state index contributed by atoms with van der Waals surface area (Å²) >= 11 is 0. The maximum absolute atomic E-state index is 11.8. The first-order chi connectivity index (χ1) is 9.70. The van der Waals surface area contributed by atoms with Gasteiger partial charge in [-0.15, -0.1) is 0 Å². The molecule has 1 heterocycles. The summed E-state index contributed by atoms with van der Waals surface area (Å²) in [4.78, 5) is 25.0. The van der Waals surface area contributed by atoms with Gasteiger partial charge < -0.3 is 15.5 Å². The lowest BCUT2D eigenvalue weighted by molar-refractivity contribution is -0.909. The van der Waals surface area contributed by atoms with Crippen LogP contribution in [-0.2, 0) is 9.59 Å². The summed E-state index contributed by atoms with van der Waals surface area (Å²) < 4.78 is 0. The summed E-state index contributed by atoms with van der Waals surface area (Å²) in [5, 5.41) is 5.32. The topological polar surface area (TPSA) is 62.6 Å². The molecule has 1 saturated heterocycles. The Balaban J connectivity index is 1.78. The van der Waals surface area contributed by atoms with Gasteiger partial charge >= 0.3 is 11.8 Å². The number of carbonyl (C=O) groups is 2. The fraction of sp³-hybridized carbons (Fsp3) is 0.467. The van der Waals surface area contributed by atoms with Gasteiger partial charge in [-0.25, -0.2) is 0 Å². The van der Waals surface area contributed by atoms with Crippen molar-refractivity contribution in [3.8, 4) is 0 Å². The van der Waals surface area contributed by atoms with Crippen molar-refractivity contribution in [1.82, 2.24) is 5.32 Å². The normalized spacial score (nSPS) is 21.4. The Morgan fingerprint density at radius 3 is 2.70 bits per heavy atom. The molecule has 0 radical (unpaired) electrons. The van der Waals surface area contributed by atoms with Gasteiger partial charge in [0, 0.05) is 18.5 Å². The van der Waals surface area contributed by atoms with Crippen LogP contribution in [0.5, 0.6) is 0 Å². The molecule has 1 unspecified atom stereocenters. The Kier molecular flexibility index (Phi) is 5.12. The third kappa shape index (κ3) is 3.81. The number of benzene rings is 1. The van der Waals surface area contributed by atoms with Gasteiger partial charge in [-0.3, -0.25) is 9.59 Å². The highest BCUT2D eigenvalue weighted by molar-refractivity contribution is 6.39. The molecular formula is C15H22N3O2+. The van der Waals surface area contributed by atoms with Gasteiger partial charge in [0.1, 0.15) is 6.04 Å². The molecule has 2 amide bonds. The number of hydrogen-bond donors (Lipinski definition) is 3. The number of nitrogens with one attached hydrogen (secondary N) is 3.